The molecule has 0 fully saturated rings. The van der Waals surface area contributed by atoms with Crippen molar-refractivity contribution in [1.29, 1.82) is 0 Å². The number of carbonyl (C=O) groups is 16. The van der Waals surface area contributed by atoms with E-state index in [0.717, 1.165) is 70.2 Å². The lowest BCUT2D eigenvalue weighted by atomic mass is 9.89. The van der Waals surface area contributed by atoms with E-state index in [4.69, 9.17) is 75.8 Å². The largest absolute Gasteiger partial charge is 0.464 e. The topological polar surface area (TPSA) is 825 Å². The Morgan fingerprint density at radius 2 is 0.333 bits per heavy atom. The van der Waals surface area contributed by atoms with Crippen molar-refractivity contribution in [3.05, 3.63) is 0 Å². The van der Waals surface area contributed by atoms with Crippen LogP contribution in [0.2, 0.25) is 0 Å². The zero-order valence-electron chi connectivity index (χ0n) is 75.8. The SMILES string of the molecule is CCC(C)(C)C(=O)OCCOC(=O)C(C)(COC(=O)C(C)(COC(=O)C(C)(COC(=O)CS(=O)(=O)O)COC(=O)CS(=O)(=O)O)COC(=O)C(C)(COC(=O)CS(=O)(=O)O)COC(=O)CS(=O)(=O)O)COC(=O)C(C)(COC(=O)C(C)(COC(=O)CS(=O)(=O)ON(C)C)COC(=O)CS(=O)(=O)ON(C)C)COC(=O)C(C)(COC(=O)CS(=O)(=O)ON(C)C)COC(=O)CS(=O)(=O)ON(C)C. The van der Waals surface area contributed by atoms with Crippen LogP contribution in [0.5, 0.6) is 0 Å². The van der Waals surface area contributed by atoms with Crippen LogP contribution in [0.15, 0.2) is 0 Å². The zero-order valence-corrected chi connectivity index (χ0v) is 82.3. The van der Waals surface area contributed by atoms with Gasteiger partial charge in [-0.1, -0.05) is 6.92 Å². The van der Waals surface area contributed by atoms with E-state index in [2.05, 4.69) is 17.1 Å². The smallest absolute Gasteiger partial charge is 0.323 e. The minimum absolute atomic E-state index is 0.143. The molecule has 0 aromatic carbocycles. The molecule has 0 saturated heterocycles. The molecule has 0 saturated carbocycles. The summed E-state index contributed by atoms with van der Waals surface area (Å²) in [6, 6.07) is 0. The van der Waals surface area contributed by atoms with Gasteiger partial charge in [-0.2, -0.15) is 105 Å². The second kappa shape index (κ2) is 51.9. The van der Waals surface area contributed by atoms with Crippen LogP contribution in [0.25, 0.3) is 0 Å². The van der Waals surface area contributed by atoms with Crippen LogP contribution < -0.4 is 0 Å². The lowest BCUT2D eigenvalue weighted by molar-refractivity contribution is -0.186. The normalized spacial score (nSPS) is 13.5. The van der Waals surface area contributed by atoms with Gasteiger partial charge in [0, 0.05) is 56.4 Å². The number of hydroxylamine groups is 8. The van der Waals surface area contributed by atoms with Crippen molar-refractivity contribution in [3.8, 4) is 0 Å². The van der Waals surface area contributed by atoms with Crippen molar-refractivity contribution in [1.82, 2.24) is 20.3 Å². The van der Waals surface area contributed by atoms with Gasteiger partial charge in [-0.3, -0.25) is 94.9 Å². The van der Waals surface area contributed by atoms with Gasteiger partial charge < -0.3 is 75.8 Å². The van der Waals surface area contributed by atoms with Gasteiger partial charge >= 0.3 is 95.5 Å². The van der Waals surface area contributed by atoms with Gasteiger partial charge in [-0.25, -0.2) is 0 Å². The van der Waals surface area contributed by atoms with Crippen LogP contribution >= 0.6 is 0 Å². The summed E-state index contributed by atoms with van der Waals surface area (Å²) in [4.78, 5) is 219. The van der Waals surface area contributed by atoms with Gasteiger partial charge in [0.15, 0.2) is 46.0 Å². The third kappa shape index (κ3) is 50.5. The molecule has 0 spiro atoms. The van der Waals surface area contributed by atoms with Crippen LogP contribution in [0.3, 0.4) is 0 Å². The number of rotatable bonds is 64. The first-order valence-electron chi connectivity index (χ1n) is 37.7. The lowest BCUT2D eigenvalue weighted by Gasteiger charge is -2.34. The summed E-state index contributed by atoms with van der Waals surface area (Å²) >= 11 is 0. The van der Waals surface area contributed by atoms with E-state index in [1.807, 2.05) is 0 Å². The molecule has 0 aliphatic carbocycles. The molecule has 1 atom stereocenters. The highest BCUT2D eigenvalue weighted by molar-refractivity contribution is 7.88. The Bertz CT molecular complexity index is 4750. The lowest BCUT2D eigenvalue weighted by Crippen LogP contribution is -2.49. The van der Waals surface area contributed by atoms with E-state index < -0.39 is 372 Å². The Hall–Kier alpha value is -9.36. The fourth-order valence-corrected chi connectivity index (χ4v) is 13.8. The molecule has 4 N–H and O–H groups in total. The molecule has 135 heavy (non-hydrogen) atoms. The quantitative estimate of drug-likeness (QED) is 0.0145. The van der Waals surface area contributed by atoms with Gasteiger partial charge in [0.2, 0.25) is 0 Å². The molecule has 0 aromatic rings. The Labute approximate surface area is 774 Å². The van der Waals surface area contributed by atoms with Gasteiger partial charge in [0.1, 0.15) is 144 Å². The summed E-state index contributed by atoms with van der Waals surface area (Å²) in [5.41, 5.74) is -21.3. The summed E-state index contributed by atoms with van der Waals surface area (Å²) in [5.74, 6) is -42.4. The monoisotopic (exact) mass is 2120 g/mol. The third-order valence-electron chi connectivity index (χ3n) is 16.4. The van der Waals surface area contributed by atoms with E-state index in [9.17, 15) is 153 Å². The first kappa shape index (κ1) is 126. The standard InChI is InChI=1S/C67H108N4O56S8/c1-19-60(2,3)52(80)108-20-21-109-53(81)65(8,38-118-58(86)66(9,40-120-54(82)61(4,30-110-44(72)22-128(88,89)90)31-111-45(73)23-129(91,92)93)41-121-55(83)62(5,32-112-46(74)24-130(94,95)96)33-113-47(75)25-131(97,98)99)39-119-59(87)67(10,42-122-56(84)63(6,34-114-48(76)26-132(100,101)124-68(11)12)35-115-49(77)27-133(102,103)125-69(13)14)43-123-57(85)64(7,36-116-50(78)28-134(104,105)126-70(15)16)37-117-51(79)29-135(106,107)127-71(17)18/h19-43H2,1-18H3,(H,88,89,90)(H,91,92,93)(H,94,95,96)(H,97,98,99). The van der Waals surface area contributed by atoms with E-state index in [1.165, 1.54) is 13.8 Å². The predicted molar refractivity (Wildman–Crippen MR) is 436 cm³/mol. The molecule has 60 nitrogen and oxygen atoms in total. The van der Waals surface area contributed by atoms with Crippen molar-refractivity contribution >= 4 is 176 Å². The Morgan fingerprint density at radius 3 is 0.467 bits per heavy atom. The third-order valence-corrected chi connectivity index (χ3v) is 23.3. The highest BCUT2D eigenvalue weighted by Gasteiger charge is 2.51. The zero-order chi connectivity index (χ0) is 105. The number of ether oxygens (including phenoxy) is 16. The molecule has 68 heteroatoms. The van der Waals surface area contributed by atoms with Gasteiger partial charge in [-0.15, -0.1) is 0 Å². The van der Waals surface area contributed by atoms with E-state index in [-0.39, 0.29) is 6.42 Å². The fourth-order valence-electron chi connectivity index (χ4n) is 8.73. The summed E-state index contributed by atoms with van der Waals surface area (Å²) in [5, 5.41) is 2.44. The van der Waals surface area contributed by atoms with E-state index in [1.54, 1.807) is 6.92 Å². The summed E-state index contributed by atoms with van der Waals surface area (Å²) < 4.78 is 332. The molecule has 0 rings (SSSR count). The van der Waals surface area contributed by atoms with E-state index >= 15 is 9.59 Å². The van der Waals surface area contributed by atoms with Crippen LogP contribution in [0, 0.1) is 43.3 Å². The average molecular weight is 2120 g/mol. The number of hydrogen-bond acceptors (Lipinski definition) is 56. The van der Waals surface area contributed by atoms with Crippen molar-refractivity contribution in [2.75, 3.05) is 208 Å². The average Bonchev–Trinajstić information content (AvgIpc) is 0.789. The van der Waals surface area contributed by atoms with Crippen molar-refractivity contribution in [3.63, 3.8) is 0 Å². The molecule has 0 amide bonds. The number of esters is 16. The molecule has 780 valence electrons. The maximum absolute atomic E-state index is 15.3. The highest BCUT2D eigenvalue weighted by atomic mass is 32.2. The maximum Gasteiger partial charge on any atom is 0.323 e. The molecule has 1 unspecified atom stereocenters. The molecule has 0 radical (unpaired) electrons. The van der Waals surface area contributed by atoms with Crippen LogP contribution in [0.1, 0.15) is 75.7 Å². The van der Waals surface area contributed by atoms with Crippen molar-refractivity contribution in [2.24, 2.45) is 43.3 Å². The summed E-state index contributed by atoms with van der Waals surface area (Å²) in [6.45, 7) is -14.6. The van der Waals surface area contributed by atoms with Crippen molar-refractivity contribution < 1.29 is 255 Å². The van der Waals surface area contributed by atoms with Crippen LogP contribution in [-0.2, 0) is 251 Å². The maximum atomic E-state index is 15.3. The summed E-state index contributed by atoms with van der Waals surface area (Å²) in [7, 11) is -32.1. The number of nitrogens with zero attached hydrogens (tertiary/aromatic N) is 4. The van der Waals surface area contributed by atoms with Crippen molar-refractivity contribution in [2.45, 2.75) is 75.7 Å². The van der Waals surface area contributed by atoms with Crippen LogP contribution in [-0.4, -0.2) is 409 Å². The molecule has 0 bridgehead atoms. The first-order chi connectivity index (χ1) is 60.8. The van der Waals surface area contributed by atoms with Gasteiger partial charge in [0.05, 0.1) is 5.41 Å². The number of carbonyl (C=O) groups excluding carboxylic acids is 16. The molecular weight excluding hydrogens is 2010 g/mol. The summed E-state index contributed by atoms with van der Waals surface area (Å²) in [6.07, 6.45) is 0.143. The highest BCUT2D eigenvalue weighted by Crippen LogP contribution is 2.34. The van der Waals surface area contributed by atoms with E-state index in [0.29, 0.717) is 54.9 Å². The minimum atomic E-state index is -5.26. The first-order valence-corrected chi connectivity index (χ1v) is 50.4. The van der Waals surface area contributed by atoms with Gasteiger partial charge in [-0.05, 0) is 68.7 Å². The molecule has 0 aliphatic heterocycles. The molecule has 0 aliphatic rings. The van der Waals surface area contributed by atoms with Gasteiger partial charge in [0.25, 0.3) is 80.9 Å². The van der Waals surface area contributed by atoms with Crippen LogP contribution in [0.4, 0.5) is 0 Å². The molecular formula is C67H108N4O56S8. The Balaban J connectivity index is 9.37. The Kier molecular flexibility index (Phi) is 48.3. The minimum Gasteiger partial charge on any atom is -0.464 e. The second-order valence-electron chi connectivity index (χ2n) is 32.4. The molecule has 0 heterocycles. The molecule has 0 aromatic heterocycles. The number of hydrogen-bond donors (Lipinski definition) is 4. The predicted octanol–water partition coefficient (Wildman–Crippen LogP) is -7.00. The second-order valence-corrected chi connectivity index (χ2v) is 44.5. The Morgan fingerprint density at radius 1 is 0.207 bits per heavy atom. The fraction of sp³-hybridized carbons (Fsp3) is 0.761.